The van der Waals surface area contributed by atoms with E-state index < -0.39 is 0 Å². The van der Waals surface area contributed by atoms with Gasteiger partial charge in [0.2, 0.25) is 11.8 Å². The quantitative estimate of drug-likeness (QED) is 0.874. The highest BCUT2D eigenvalue weighted by Crippen LogP contribution is 2.30. The lowest BCUT2D eigenvalue weighted by Crippen LogP contribution is -2.35. The van der Waals surface area contributed by atoms with Crippen LogP contribution in [0.3, 0.4) is 0 Å². The van der Waals surface area contributed by atoms with Crippen LogP contribution in [0.25, 0.3) is 0 Å². The number of anilines is 1. The van der Waals surface area contributed by atoms with Gasteiger partial charge in [-0.15, -0.1) is 0 Å². The molecule has 1 heterocycles. The van der Waals surface area contributed by atoms with E-state index >= 15 is 0 Å². The van der Waals surface area contributed by atoms with Gasteiger partial charge in [-0.2, -0.15) is 0 Å². The maximum atomic E-state index is 12.6. The molecule has 0 unspecified atom stereocenters. The SMILES string of the molecule is O=C(Nc1cccc(OC2CCCC2)c1)[C@H]1CC(=O)N(C2CCCC2)C1. The molecule has 1 saturated heterocycles. The molecule has 5 heteroatoms. The van der Waals surface area contributed by atoms with Gasteiger partial charge in [0.1, 0.15) is 5.75 Å². The Balaban J connectivity index is 1.35. The van der Waals surface area contributed by atoms with Crippen molar-refractivity contribution >= 4 is 17.5 Å². The third kappa shape index (κ3) is 3.87. The fourth-order valence-electron chi connectivity index (χ4n) is 4.57. The van der Waals surface area contributed by atoms with Crippen LogP contribution in [0.1, 0.15) is 57.8 Å². The van der Waals surface area contributed by atoms with E-state index in [4.69, 9.17) is 4.74 Å². The minimum absolute atomic E-state index is 0.0585. The molecule has 0 radical (unpaired) electrons. The lowest BCUT2D eigenvalue weighted by atomic mass is 10.1. The third-order valence-electron chi connectivity index (χ3n) is 6.00. The molecule has 3 aliphatic rings. The Labute approximate surface area is 155 Å². The summed E-state index contributed by atoms with van der Waals surface area (Å²) < 4.78 is 6.01. The van der Waals surface area contributed by atoms with Crippen LogP contribution in [-0.2, 0) is 9.59 Å². The molecule has 4 rings (SSSR count). The van der Waals surface area contributed by atoms with Crippen molar-refractivity contribution in [1.29, 1.82) is 0 Å². The molecule has 3 fully saturated rings. The second-order valence-corrected chi connectivity index (χ2v) is 7.93. The molecule has 2 saturated carbocycles. The Hall–Kier alpha value is -2.04. The Kier molecular flexibility index (Phi) is 5.14. The van der Waals surface area contributed by atoms with Crippen molar-refractivity contribution in [2.75, 3.05) is 11.9 Å². The van der Waals surface area contributed by atoms with Gasteiger partial charge in [0.25, 0.3) is 0 Å². The summed E-state index contributed by atoms with van der Waals surface area (Å²) in [5.41, 5.74) is 0.747. The predicted octanol–water partition coefficient (Wildman–Crippen LogP) is 3.74. The molecule has 2 amide bonds. The molecule has 2 aliphatic carbocycles. The number of benzene rings is 1. The topological polar surface area (TPSA) is 58.6 Å². The molecule has 1 aromatic rings. The van der Waals surface area contributed by atoms with E-state index in [1.54, 1.807) is 0 Å². The van der Waals surface area contributed by atoms with Gasteiger partial charge in [-0.05, 0) is 50.7 Å². The summed E-state index contributed by atoms with van der Waals surface area (Å²) in [7, 11) is 0. The fourth-order valence-corrected chi connectivity index (χ4v) is 4.57. The zero-order valence-electron chi connectivity index (χ0n) is 15.3. The molecule has 0 bridgehead atoms. The molecule has 1 N–H and O–H groups in total. The van der Waals surface area contributed by atoms with Gasteiger partial charge in [0, 0.05) is 30.8 Å². The zero-order valence-corrected chi connectivity index (χ0v) is 15.3. The summed E-state index contributed by atoms with van der Waals surface area (Å²) in [6, 6.07) is 7.97. The number of hydrogen-bond donors (Lipinski definition) is 1. The maximum Gasteiger partial charge on any atom is 0.229 e. The first-order valence-corrected chi connectivity index (χ1v) is 10.1. The van der Waals surface area contributed by atoms with Gasteiger partial charge in [-0.1, -0.05) is 18.9 Å². The minimum Gasteiger partial charge on any atom is -0.490 e. The monoisotopic (exact) mass is 356 g/mol. The third-order valence-corrected chi connectivity index (χ3v) is 6.00. The van der Waals surface area contributed by atoms with Crippen molar-refractivity contribution in [2.45, 2.75) is 69.9 Å². The minimum atomic E-state index is -0.248. The van der Waals surface area contributed by atoms with Crippen LogP contribution in [0.5, 0.6) is 5.75 Å². The molecule has 5 nitrogen and oxygen atoms in total. The van der Waals surface area contributed by atoms with Crippen molar-refractivity contribution in [2.24, 2.45) is 5.92 Å². The van der Waals surface area contributed by atoms with E-state index in [-0.39, 0.29) is 17.7 Å². The normalized spacial score (nSPS) is 24.4. The highest BCUT2D eigenvalue weighted by Gasteiger charge is 2.38. The van der Waals surface area contributed by atoms with Crippen LogP contribution < -0.4 is 10.1 Å². The summed E-state index contributed by atoms with van der Waals surface area (Å²) >= 11 is 0. The van der Waals surface area contributed by atoms with Gasteiger partial charge in [0.05, 0.1) is 12.0 Å². The van der Waals surface area contributed by atoms with Gasteiger partial charge in [0.15, 0.2) is 0 Å². The standard InChI is InChI=1S/C21H28N2O3/c24-20-12-15(14-23(20)17-7-1-2-8-17)21(25)22-16-6-5-11-19(13-16)26-18-9-3-4-10-18/h5-6,11,13,15,17-18H,1-4,7-10,12,14H2,(H,22,25)/t15-/m0/s1. The average molecular weight is 356 g/mol. The summed E-state index contributed by atoms with van der Waals surface area (Å²) in [6.07, 6.45) is 9.87. The molecule has 1 aliphatic heterocycles. The number of rotatable bonds is 5. The van der Waals surface area contributed by atoms with Crippen LogP contribution in [-0.4, -0.2) is 35.4 Å². The van der Waals surface area contributed by atoms with Gasteiger partial charge >= 0.3 is 0 Å². The number of carbonyl (C=O) groups is 2. The largest absolute Gasteiger partial charge is 0.490 e. The van der Waals surface area contributed by atoms with Gasteiger partial charge in [-0.3, -0.25) is 9.59 Å². The van der Waals surface area contributed by atoms with E-state index in [1.807, 2.05) is 29.2 Å². The molecule has 0 spiro atoms. The molecule has 1 aromatic carbocycles. The van der Waals surface area contributed by atoms with Crippen LogP contribution in [0.2, 0.25) is 0 Å². The first-order valence-electron chi connectivity index (χ1n) is 10.1. The maximum absolute atomic E-state index is 12.6. The van der Waals surface area contributed by atoms with E-state index in [0.717, 1.165) is 37.1 Å². The van der Waals surface area contributed by atoms with Gasteiger partial charge < -0.3 is 15.0 Å². The number of ether oxygens (including phenoxy) is 1. The van der Waals surface area contributed by atoms with E-state index in [1.165, 1.54) is 25.7 Å². The van der Waals surface area contributed by atoms with Crippen LogP contribution in [0, 0.1) is 5.92 Å². The molecule has 26 heavy (non-hydrogen) atoms. The molecular formula is C21H28N2O3. The Morgan fingerprint density at radius 1 is 1.08 bits per heavy atom. The zero-order chi connectivity index (χ0) is 17.9. The van der Waals surface area contributed by atoms with Crippen molar-refractivity contribution in [1.82, 2.24) is 4.90 Å². The Bertz CT molecular complexity index is 663. The molecule has 140 valence electrons. The number of nitrogens with one attached hydrogen (secondary N) is 1. The molecular weight excluding hydrogens is 328 g/mol. The van der Waals surface area contributed by atoms with Crippen molar-refractivity contribution in [3.63, 3.8) is 0 Å². The summed E-state index contributed by atoms with van der Waals surface area (Å²) in [6.45, 7) is 0.563. The first-order chi connectivity index (χ1) is 12.7. The number of amides is 2. The van der Waals surface area contributed by atoms with Gasteiger partial charge in [-0.25, -0.2) is 0 Å². The number of likely N-dealkylation sites (tertiary alicyclic amines) is 1. The number of hydrogen-bond acceptors (Lipinski definition) is 3. The van der Waals surface area contributed by atoms with Crippen molar-refractivity contribution in [3.8, 4) is 5.75 Å². The van der Waals surface area contributed by atoms with Crippen molar-refractivity contribution in [3.05, 3.63) is 24.3 Å². The Morgan fingerprint density at radius 3 is 2.58 bits per heavy atom. The second kappa shape index (κ2) is 7.68. The first kappa shape index (κ1) is 17.4. The van der Waals surface area contributed by atoms with E-state index in [9.17, 15) is 9.59 Å². The Morgan fingerprint density at radius 2 is 1.81 bits per heavy atom. The summed E-state index contributed by atoms with van der Waals surface area (Å²) in [4.78, 5) is 26.9. The van der Waals surface area contributed by atoms with E-state index in [0.29, 0.717) is 25.1 Å². The van der Waals surface area contributed by atoms with Crippen LogP contribution in [0.15, 0.2) is 24.3 Å². The van der Waals surface area contributed by atoms with Crippen LogP contribution >= 0.6 is 0 Å². The number of carbonyl (C=O) groups excluding carboxylic acids is 2. The summed E-state index contributed by atoms with van der Waals surface area (Å²) in [5.74, 6) is 0.638. The fraction of sp³-hybridized carbons (Fsp3) is 0.619. The predicted molar refractivity (Wildman–Crippen MR) is 100 cm³/mol. The smallest absolute Gasteiger partial charge is 0.229 e. The second-order valence-electron chi connectivity index (χ2n) is 7.93. The lowest BCUT2D eigenvalue weighted by molar-refractivity contribution is -0.129. The lowest BCUT2D eigenvalue weighted by Gasteiger charge is -2.23. The molecule has 0 aromatic heterocycles. The van der Waals surface area contributed by atoms with Crippen LogP contribution in [0.4, 0.5) is 5.69 Å². The number of nitrogens with zero attached hydrogens (tertiary/aromatic N) is 1. The van der Waals surface area contributed by atoms with Crippen molar-refractivity contribution < 1.29 is 14.3 Å². The molecule has 1 atom stereocenters. The average Bonchev–Trinajstić information content (AvgIpc) is 3.36. The van der Waals surface area contributed by atoms with E-state index in [2.05, 4.69) is 5.32 Å². The summed E-state index contributed by atoms with van der Waals surface area (Å²) in [5, 5.41) is 2.98. The highest BCUT2D eigenvalue weighted by molar-refractivity contribution is 5.97. The highest BCUT2D eigenvalue weighted by atomic mass is 16.5.